The van der Waals surface area contributed by atoms with Crippen LogP contribution in [0, 0.1) is 5.92 Å². The maximum atomic E-state index is 11.6. The lowest BCUT2D eigenvalue weighted by atomic mass is 9.93. The molecule has 1 heterocycles. The summed E-state index contributed by atoms with van der Waals surface area (Å²) in [5, 5.41) is 1.85. The Labute approximate surface area is 97.2 Å². The maximum Gasteiger partial charge on any atom is 0.338 e. The predicted octanol–water partition coefficient (Wildman–Crippen LogP) is 2.11. The molecule has 1 aliphatic heterocycles. The van der Waals surface area contributed by atoms with Crippen molar-refractivity contribution in [1.29, 1.82) is 0 Å². The molecule has 16 heavy (non-hydrogen) atoms. The van der Waals surface area contributed by atoms with Crippen LogP contribution in [0.5, 0.6) is 0 Å². The van der Waals surface area contributed by atoms with Crippen LogP contribution in [0.25, 0.3) is 0 Å². The standard InChI is InChI=1S/C12H21NO3/c1-8(2)10-9(11(14)15-6)7-16-13(10)12(3,4)5/h7-8,10H,1-6H3. The molecule has 0 bridgehead atoms. The van der Waals surface area contributed by atoms with Gasteiger partial charge < -0.3 is 9.57 Å². The first-order chi connectivity index (χ1) is 7.29. The molecule has 0 aromatic rings. The Balaban J connectivity index is 2.96. The van der Waals surface area contributed by atoms with Gasteiger partial charge >= 0.3 is 5.97 Å². The van der Waals surface area contributed by atoms with Crippen molar-refractivity contribution < 1.29 is 14.4 Å². The molecule has 0 radical (unpaired) electrons. The Morgan fingerprint density at radius 1 is 1.50 bits per heavy atom. The molecule has 1 aliphatic rings. The topological polar surface area (TPSA) is 38.8 Å². The largest absolute Gasteiger partial charge is 0.466 e. The van der Waals surface area contributed by atoms with Gasteiger partial charge in [-0.1, -0.05) is 13.8 Å². The summed E-state index contributed by atoms with van der Waals surface area (Å²) in [6.45, 7) is 10.3. The van der Waals surface area contributed by atoms with E-state index in [-0.39, 0.29) is 23.5 Å². The first-order valence-corrected chi connectivity index (χ1v) is 5.53. The van der Waals surface area contributed by atoms with Crippen LogP contribution in [0.1, 0.15) is 34.6 Å². The molecule has 1 atom stereocenters. The van der Waals surface area contributed by atoms with Crippen LogP contribution in [0.15, 0.2) is 11.8 Å². The van der Waals surface area contributed by atoms with Crippen LogP contribution < -0.4 is 0 Å². The number of methoxy groups -OCH3 is 1. The molecule has 1 rings (SSSR count). The van der Waals surface area contributed by atoms with Crippen LogP contribution in [0.3, 0.4) is 0 Å². The van der Waals surface area contributed by atoms with Gasteiger partial charge in [-0.15, -0.1) is 5.06 Å². The zero-order chi connectivity index (χ0) is 12.5. The number of ether oxygens (including phenoxy) is 1. The minimum Gasteiger partial charge on any atom is -0.466 e. The third-order valence-corrected chi connectivity index (χ3v) is 2.58. The first-order valence-electron chi connectivity index (χ1n) is 5.53. The van der Waals surface area contributed by atoms with Gasteiger partial charge in [0.2, 0.25) is 0 Å². The molecule has 0 fully saturated rings. The van der Waals surface area contributed by atoms with Gasteiger partial charge in [0.15, 0.2) is 0 Å². The second-order valence-corrected chi connectivity index (χ2v) is 5.36. The van der Waals surface area contributed by atoms with Gasteiger partial charge in [-0.05, 0) is 26.7 Å². The van der Waals surface area contributed by atoms with Crippen LogP contribution in [-0.2, 0) is 14.4 Å². The zero-order valence-corrected chi connectivity index (χ0v) is 10.9. The van der Waals surface area contributed by atoms with Gasteiger partial charge in [-0.2, -0.15) is 0 Å². The van der Waals surface area contributed by atoms with Gasteiger partial charge in [0.1, 0.15) is 6.26 Å². The highest BCUT2D eigenvalue weighted by molar-refractivity contribution is 5.89. The summed E-state index contributed by atoms with van der Waals surface area (Å²) >= 11 is 0. The smallest absolute Gasteiger partial charge is 0.338 e. The third kappa shape index (κ3) is 2.38. The number of rotatable bonds is 2. The van der Waals surface area contributed by atoms with Crippen molar-refractivity contribution in [1.82, 2.24) is 5.06 Å². The van der Waals surface area contributed by atoms with Gasteiger partial charge in [-0.3, -0.25) is 0 Å². The van der Waals surface area contributed by atoms with Gasteiger partial charge in [0, 0.05) is 5.54 Å². The minimum absolute atomic E-state index is 0.0487. The average Bonchev–Trinajstić information content (AvgIpc) is 2.59. The fraction of sp³-hybridized carbons (Fsp3) is 0.750. The summed E-state index contributed by atoms with van der Waals surface area (Å²) < 4.78 is 4.76. The highest BCUT2D eigenvalue weighted by Gasteiger charge is 2.42. The highest BCUT2D eigenvalue weighted by Crippen LogP contribution is 2.32. The van der Waals surface area contributed by atoms with Crippen molar-refractivity contribution in [2.24, 2.45) is 5.92 Å². The van der Waals surface area contributed by atoms with Crippen LogP contribution >= 0.6 is 0 Å². The molecule has 0 spiro atoms. The lowest BCUT2D eigenvalue weighted by Gasteiger charge is -2.36. The van der Waals surface area contributed by atoms with Gasteiger partial charge in [0.05, 0.1) is 18.7 Å². The van der Waals surface area contributed by atoms with Crippen molar-refractivity contribution in [2.75, 3.05) is 7.11 Å². The number of carbonyl (C=O) groups is 1. The summed E-state index contributed by atoms with van der Waals surface area (Å²) in [5.41, 5.74) is 0.439. The Bertz CT molecular complexity index is 302. The van der Waals surface area contributed by atoms with E-state index in [0.29, 0.717) is 5.57 Å². The van der Waals surface area contributed by atoms with Crippen molar-refractivity contribution in [3.63, 3.8) is 0 Å². The molecule has 0 aromatic heterocycles. The number of hydrogen-bond donors (Lipinski definition) is 0. The van der Waals surface area contributed by atoms with E-state index in [1.165, 1.54) is 13.4 Å². The quantitative estimate of drug-likeness (QED) is 0.677. The van der Waals surface area contributed by atoms with E-state index in [1.54, 1.807) is 0 Å². The second-order valence-electron chi connectivity index (χ2n) is 5.36. The van der Waals surface area contributed by atoms with Gasteiger partial charge in [-0.25, -0.2) is 4.79 Å². The number of carbonyl (C=O) groups excluding carboxylic acids is 1. The molecular weight excluding hydrogens is 206 g/mol. The maximum absolute atomic E-state index is 11.6. The molecule has 4 heteroatoms. The molecular formula is C12H21NO3. The van der Waals surface area contributed by atoms with Crippen molar-refractivity contribution >= 4 is 5.97 Å². The lowest BCUT2D eigenvalue weighted by Crippen LogP contribution is -2.48. The fourth-order valence-electron chi connectivity index (χ4n) is 1.87. The average molecular weight is 227 g/mol. The molecule has 0 saturated carbocycles. The normalized spacial score (nSPS) is 21.9. The zero-order valence-electron chi connectivity index (χ0n) is 10.9. The summed E-state index contributed by atoms with van der Waals surface area (Å²) in [4.78, 5) is 17.1. The summed E-state index contributed by atoms with van der Waals surface area (Å²) in [7, 11) is 1.39. The number of nitrogens with zero attached hydrogens (tertiary/aromatic N) is 1. The molecule has 1 unspecified atom stereocenters. The Morgan fingerprint density at radius 3 is 2.44 bits per heavy atom. The van der Waals surface area contributed by atoms with E-state index >= 15 is 0 Å². The van der Waals surface area contributed by atoms with Crippen LogP contribution in [-0.4, -0.2) is 29.7 Å². The van der Waals surface area contributed by atoms with E-state index in [9.17, 15) is 4.79 Å². The Kier molecular flexibility index (Phi) is 3.63. The molecule has 0 aliphatic carbocycles. The van der Waals surface area contributed by atoms with Gasteiger partial charge in [0.25, 0.3) is 0 Å². The summed E-state index contributed by atoms with van der Waals surface area (Å²) in [5.74, 6) is -0.0301. The molecule has 0 amide bonds. The predicted molar refractivity (Wildman–Crippen MR) is 61.4 cm³/mol. The number of esters is 1. The van der Waals surface area contributed by atoms with Crippen molar-refractivity contribution in [3.05, 3.63) is 11.8 Å². The summed E-state index contributed by atoms with van der Waals surface area (Å²) in [6.07, 6.45) is 1.50. The molecule has 92 valence electrons. The SMILES string of the molecule is COC(=O)C1=CON(C(C)(C)C)C1C(C)C. The van der Waals surface area contributed by atoms with E-state index in [4.69, 9.17) is 9.57 Å². The van der Waals surface area contributed by atoms with Crippen LogP contribution in [0.4, 0.5) is 0 Å². The van der Waals surface area contributed by atoms with Crippen molar-refractivity contribution in [2.45, 2.75) is 46.2 Å². The van der Waals surface area contributed by atoms with E-state index in [0.717, 1.165) is 0 Å². The molecule has 0 saturated heterocycles. The van der Waals surface area contributed by atoms with Crippen LogP contribution in [0.2, 0.25) is 0 Å². The minimum atomic E-state index is -0.314. The monoisotopic (exact) mass is 227 g/mol. The molecule has 4 nitrogen and oxygen atoms in total. The fourth-order valence-corrected chi connectivity index (χ4v) is 1.87. The first kappa shape index (κ1) is 13.0. The molecule has 0 aromatic carbocycles. The molecule has 0 N–H and O–H groups in total. The third-order valence-electron chi connectivity index (χ3n) is 2.58. The second kappa shape index (κ2) is 4.45. The van der Waals surface area contributed by atoms with Crippen molar-refractivity contribution in [3.8, 4) is 0 Å². The Morgan fingerprint density at radius 2 is 2.06 bits per heavy atom. The number of hydroxylamine groups is 2. The van der Waals surface area contributed by atoms with E-state index in [1.807, 2.05) is 5.06 Å². The lowest BCUT2D eigenvalue weighted by molar-refractivity contribution is -0.175. The van der Waals surface area contributed by atoms with E-state index in [2.05, 4.69) is 34.6 Å². The highest BCUT2D eigenvalue weighted by atomic mass is 16.7. The Hall–Kier alpha value is -1.03. The number of hydrogen-bond acceptors (Lipinski definition) is 4. The van der Waals surface area contributed by atoms with E-state index < -0.39 is 0 Å². The summed E-state index contributed by atoms with van der Waals surface area (Å²) in [6, 6.07) is -0.0487.